The van der Waals surface area contributed by atoms with Gasteiger partial charge in [0, 0.05) is 10.6 Å². The van der Waals surface area contributed by atoms with Gasteiger partial charge in [-0.25, -0.2) is 4.39 Å². The predicted octanol–water partition coefficient (Wildman–Crippen LogP) is 5.23. The fraction of sp³-hybridized carbons (Fsp3) is 0.0435. The quantitative estimate of drug-likeness (QED) is 0.474. The molecule has 2 heterocycles. The van der Waals surface area contributed by atoms with E-state index in [1.54, 1.807) is 30.3 Å². The van der Waals surface area contributed by atoms with E-state index in [2.05, 4.69) is 5.32 Å². The topological polar surface area (TPSA) is 77.8 Å². The van der Waals surface area contributed by atoms with Gasteiger partial charge in [-0.15, -0.1) is 0 Å². The first-order valence-corrected chi connectivity index (χ1v) is 9.61. The van der Waals surface area contributed by atoms with Gasteiger partial charge in [0.1, 0.15) is 11.4 Å². The van der Waals surface area contributed by atoms with Gasteiger partial charge in [0.05, 0.1) is 10.9 Å². The molecule has 0 radical (unpaired) electrons. The highest BCUT2D eigenvalue weighted by atomic mass is 35.5. The number of fused-ring (bicyclic) bond motifs is 2. The van der Waals surface area contributed by atoms with E-state index < -0.39 is 11.7 Å². The van der Waals surface area contributed by atoms with Crippen LogP contribution in [-0.4, -0.2) is 12.7 Å². The number of carbonyl (C=O) groups excluding carboxylic acids is 1. The maximum atomic E-state index is 13.4. The van der Waals surface area contributed by atoms with Crippen molar-refractivity contribution in [1.29, 1.82) is 0 Å². The number of benzene rings is 3. The molecule has 1 aliphatic heterocycles. The molecule has 3 aromatic carbocycles. The monoisotopic (exact) mass is 437 g/mol. The number of nitrogens with one attached hydrogen (secondary N) is 1. The van der Waals surface area contributed by atoms with Crippen LogP contribution in [0.25, 0.3) is 22.1 Å². The molecule has 154 valence electrons. The lowest BCUT2D eigenvalue weighted by molar-refractivity contribution is 0.102. The van der Waals surface area contributed by atoms with Gasteiger partial charge in [-0.3, -0.25) is 14.9 Å². The van der Waals surface area contributed by atoms with E-state index >= 15 is 0 Å². The van der Waals surface area contributed by atoms with E-state index in [1.807, 2.05) is 0 Å². The van der Waals surface area contributed by atoms with Crippen LogP contribution in [0.1, 0.15) is 10.4 Å². The SMILES string of the molecule is O=C(Nc1oc2ccc(Cl)cc2c(=O)c1-c1ccc2c(c1)OCO2)c1ccc(F)cc1. The number of rotatable bonds is 3. The fourth-order valence-electron chi connectivity index (χ4n) is 3.35. The van der Waals surface area contributed by atoms with E-state index in [4.69, 9.17) is 25.5 Å². The highest BCUT2D eigenvalue weighted by molar-refractivity contribution is 6.31. The number of ether oxygens (including phenoxy) is 2. The summed E-state index contributed by atoms with van der Waals surface area (Å²) in [7, 11) is 0. The van der Waals surface area contributed by atoms with Gasteiger partial charge >= 0.3 is 0 Å². The maximum Gasteiger partial charge on any atom is 0.257 e. The molecule has 0 saturated carbocycles. The van der Waals surface area contributed by atoms with Gasteiger partial charge in [0.25, 0.3) is 5.91 Å². The normalized spacial score (nSPS) is 12.2. The first-order chi connectivity index (χ1) is 15.0. The summed E-state index contributed by atoms with van der Waals surface area (Å²) >= 11 is 6.07. The zero-order chi connectivity index (χ0) is 21.5. The summed E-state index contributed by atoms with van der Waals surface area (Å²) in [4.78, 5) is 26.1. The van der Waals surface area contributed by atoms with Gasteiger partial charge in [0.15, 0.2) is 11.5 Å². The summed E-state index contributed by atoms with van der Waals surface area (Å²) in [5.41, 5.74) is 0.681. The smallest absolute Gasteiger partial charge is 0.257 e. The third-order valence-corrected chi connectivity index (χ3v) is 5.08. The third-order valence-electron chi connectivity index (χ3n) is 4.85. The summed E-state index contributed by atoms with van der Waals surface area (Å²) in [6.45, 7) is 0.0783. The molecule has 1 N–H and O–H groups in total. The minimum absolute atomic E-state index is 0.0481. The molecule has 4 aromatic rings. The molecule has 1 aromatic heterocycles. The molecule has 0 spiro atoms. The summed E-state index contributed by atoms with van der Waals surface area (Å²) < 4.78 is 29.8. The minimum Gasteiger partial charge on any atom is -0.454 e. The molecule has 1 aliphatic rings. The number of halogens is 2. The Morgan fingerprint density at radius 3 is 2.55 bits per heavy atom. The first kappa shape index (κ1) is 19.1. The third kappa shape index (κ3) is 3.49. The largest absolute Gasteiger partial charge is 0.454 e. The van der Waals surface area contributed by atoms with Crippen LogP contribution in [0.3, 0.4) is 0 Å². The lowest BCUT2D eigenvalue weighted by Gasteiger charge is -2.12. The van der Waals surface area contributed by atoms with Crippen molar-refractivity contribution in [3.8, 4) is 22.6 Å². The maximum absolute atomic E-state index is 13.4. The zero-order valence-corrected chi connectivity index (χ0v) is 16.5. The van der Waals surface area contributed by atoms with Crippen LogP contribution in [0.15, 0.2) is 69.9 Å². The van der Waals surface area contributed by atoms with Gasteiger partial charge in [-0.2, -0.15) is 0 Å². The van der Waals surface area contributed by atoms with E-state index in [1.165, 1.54) is 30.3 Å². The van der Waals surface area contributed by atoms with Crippen molar-refractivity contribution >= 4 is 34.4 Å². The summed E-state index contributed by atoms with van der Waals surface area (Å²) in [5, 5.41) is 3.27. The Morgan fingerprint density at radius 2 is 1.74 bits per heavy atom. The average Bonchev–Trinajstić information content (AvgIpc) is 3.23. The standard InChI is InChI=1S/C23H13ClFNO5/c24-14-4-8-17-16(10-14)21(27)20(13-3-7-18-19(9-13)30-11-29-18)23(31-17)26-22(28)12-1-5-15(25)6-2-12/h1-10H,11H2,(H,26,28). The highest BCUT2D eigenvalue weighted by Gasteiger charge is 2.22. The molecule has 6 nitrogen and oxygen atoms in total. The van der Waals surface area contributed by atoms with E-state index in [0.717, 1.165) is 0 Å². The Balaban J connectivity index is 1.68. The Bertz CT molecular complexity index is 1400. The van der Waals surface area contributed by atoms with Crippen LogP contribution in [0.5, 0.6) is 11.5 Å². The number of hydrogen-bond donors (Lipinski definition) is 1. The minimum atomic E-state index is -0.557. The molecular weight excluding hydrogens is 425 g/mol. The first-order valence-electron chi connectivity index (χ1n) is 9.23. The second-order valence-electron chi connectivity index (χ2n) is 6.80. The molecule has 0 saturated heterocycles. The van der Waals surface area contributed by atoms with E-state index in [0.29, 0.717) is 22.1 Å². The van der Waals surface area contributed by atoms with Crippen molar-refractivity contribution in [2.45, 2.75) is 0 Å². The van der Waals surface area contributed by atoms with Crippen molar-refractivity contribution in [2.24, 2.45) is 0 Å². The lowest BCUT2D eigenvalue weighted by atomic mass is 10.0. The summed E-state index contributed by atoms with van der Waals surface area (Å²) in [6.07, 6.45) is 0. The van der Waals surface area contributed by atoms with Crippen LogP contribution < -0.4 is 20.2 Å². The zero-order valence-electron chi connectivity index (χ0n) is 15.8. The van der Waals surface area contributed by atoms with Gasteiger partial charge in [0.2, 0.25) is 18.1 Å². The van der Waals surface area contributed by atoms with Gasteiger partial charge in [-0.1, -0.05) is 17.7 Å². The number of amides is 1. The Hall–Kier alpha value is -3.84. The molecule has 0 atom stereocenters. The number of carbonyl (C=O) groups is 1. The van der Waals surface area contributed by atoms with Crippen molar-refractivity contribution in [2.75, 3.05) is 12.1 Å². The number of anilines is 1. The fourth-order valence-corrected chi connectivity index (χ4v) is 3.52. The van der Waals surface area contributed by atoms with Crippen molar-refractivity contribution in [1.82, 2.24) is 0 Å². The lowest BCUT2D eigenvalue weighted by Crippen LogP contribution is -2.16. The van der Waals surface area contributed by atoms with Gasteiger partial charge < -0.3 is 13.9 Å². The molecule has 8 heteroatoms. The van der Waals surface area contributed by atoms with E-state index in [9.17, 15) is 14.0 Å². The van der Waals surface area contributed by atoms with Crippen molar-refractivity contribution in [3.05, 3.63) is 87.3 Å². The molecule has 0 unspecified atom stereocenters. The Morgan fingerprint density at radius 1 is 0.968 bits per heavy atom. The predicted molar refractivity (Wildman–Crippen MR) is 113 cm³/mol. The van der Waals surface area contributed by atoms with Crippen LogP contribution in [0.4, 0.5) is 10.3 Å². The molecule has 0 fully saturated rings. The van der Waals surface area contributed by atoms with Crippen LogP contribution >= 0.6 is 11.6 Å². The Kier molecular flexibility index (Phi) is 4.60. The Labute approximate surface area is 179 Å². The van der Waals surface area contributed by atoms with Gasteiger partial charge in [-0.05, 0) is 60.2 Å². The second kappa shape index (κ2) is 7.45. The van der Waals surface area contributed by atoms with Crippen LogP contribution in [0, 0.1) is 5.82 Å². The highest BCUT2D eigenvalue weighted by Crippen LogP contribution is 2.38. The van der Waals surface area contributed by atoms with Crippen LogP contribution in [0.2, 0.25) is 5.02 Å². The molecule has 0 bridgehead atoms. The molecule has 1 amide bonds. The van der Waals surface area contributed by atoms with Crippen molar-refractivity contribution < 1.29 is 23.1 Å². The molecule has 5 rings (SSSR count). The summed E-state index contributed by atoms with van der Waals surface area (Å²) in [5.74, 6) is -0.0500. The number of hydrogen-bond acceptors (Lipinski definition) is 5. The molecule has 0 aliphatic carbocycles. The second-order valence-corrected chi connectivity index (χ2v) is 7.24. The van der Waals surface area contributed by atoms with Crippen LogP contribution in [-0.2, 0) is 0 Å². The van der Waals surface area contributed by atoms with Crippen molar-refractivity contribution in [3.63, 3.8) is 0 Å². The molecular formula is C23H13ClFNO5. The summed E-state index contributed by atoms with van der Waals surface area (Å²) in [6, 6.07) is 14.6. The van der Waals surface area contributed by atoms with E-state index in [-0.39, 0.29) is 40.2 Å². The average molecular weight is 438 g/mol. The molecule has 31 heavy (non-hydrogen) atoms.